The van der Waals surface area contributed by atoms with Crippen molar-refractivity contribution in [3.05, 3.63) is 47.1 Å². The Labute approximate surface area is 169 Å². The molecule has 1 aliphatic rings. The molecule has 1 aliphatic carbocycles. The molecule has 1 saturated carbocycles. The fourth-order valence-electron chi connectivity index (χ4n) is 3.92. The van der Waals surface area contributed by atoms with Gasteiger partial charge in [-0.2, -0.15) is 24.3 Å². The standard InChI is InChI=1S/C20H27N7O2/c1-2-15-11-22-27-18(15)24-19(23-17-8-4-3-7-16(17)13-28)25-20(27)21-10-14-6-5-9-26(29)12-14/h5-6,9,11-12,16-17,28H,2-4,7-8,10,13H2,1H3,(H2,21,23,24,25)/t16-,17-/m1/s1. The van der Waals surface area contributed by atoms with E-state index in [1.54, 1.807) is 10.6 Å². The van der Waals surface area contributed by atoms with Crippen LogP contribution in [0.4, 0.5) is 11.9 Å². The number of hydrogen-bond acceptors (Lipinski definition) is 7. The van der Waals surface area contributed by atoms with Crippen LogP contribution in [0.1, 0.15) is 43.7 Å². The fourth-order valence-corrected chi connectivity index (χ4v) is 3.92. The molecule has 0 spiro atoms. The highest BCUT2D eigenvalue weighted by molar-refractivity contribution is 5.54. The molecule has 0 amide bonds. The third-order valence-electron chi connectivity index (χ3n) is 5.57. The monoisotopic (exact) mass is 397 g/mol. The number of aromatic nitrogens is 5. The Hall–Kier alpha value is -2.94. The molecule has 9 nitrogen and oxygen atoms in total. The lowest BCUT2D eigenvalue weighted by molar-refractivity contribution is -0.605. The van der Waals surface area contributed by atoms with Crippen LogP contribution in [0.3, 0.4) is 0 Å². The van der Waals surface area contributed by atoms with E-state index in [0.717, 1.165) is 53.6 Å². The molecule has 4 rings (SSSR count). The van der Waals surface area contributed by atoms with Crippen LogP contribution in [0.5, 0.6) is 0 Å². The summed E-state index contributed by atoms with van der Waals surface area (Å²) >= 11 is 0. The van der Waals surface area contributed by atoms with Crippen molar-refractivity contribution >= 4 is 17.5 Å². The number of nitrogens with zero attached hydrogens (tertiary/aromatic N) is 5. The SMILES string of the molecule is CCc1cnn2c(NCc3ccc[n+]([O-])c3)nc(N[C@@H]3CCCC[C@@H]3CO)nc12. The quantitative estimate of drug-likeness (QED) is 0.412. The van der Waals surface area contributed by atoms with Gasteiger partial charge in [-0.05, 0) is 25.3 Å². The number of anilines is 2. The van der Waals surface area contributed by atoms with E-state index < -0.39 is 0 Å². The molecule has 3 aromatic rings. The zero-order valence-corrected chi connectivity index (χ0v) is 16.6. The molecule has 3 N–H and O–H groups in total. The van der Waals surface area contributed by atoms with Crippen LogP contribution in [0.2, 0.25) is 0 Å². The van der Waals surface area contributed by atoms with Crippen LogP contribution in [0, 0.1) is 11.1 Å². The molecule has 0 unspecified atom stereocenters. The van der Waals surface area contributed by atoms with Gasteiger partial charge in [-0.25, -0.2) is 0 Å². The van der Waals surface area contributed by atoms with Gasteiger partial charge in [0.2, 0.25) is 11.9 Å². The van der Waals surface area contributed by atoms with Crippen molar-refractivity contribution in [2.75, 3.05) is 17.2 Å². The van der Waals surface area contributed by atoms with Crippen LogP contribution in [-0.4, -0.2) is 37.3 Å². The second-order valence-corrected chi connectivity index (χ2v) is 7.53. The van der Waals surface area contributed by atoms with E-state index in [4.69, 9.17) is 4.98 Å². The molecule has 154 valence electrons. The molecule has 0 radical (unpaired) electrons. The third-order valence-corrected chi connectivity index (χ3v) is 5.57. The summed E-state index contributed by atoms with van der Waals surface area (Å²) in [7, 11) is 0. The Balaban J connectivity index is 1.62. The van der Waals surface area contributed by atoms with Gasteiger partial charge in [0.05, 0.1) is 6.20 Å². The van der Waals surface area contributed by atoms with Gasteiger partial charge in [0.1, 0.15) is 0 Å². The maximum atomic E-state index is 11.5. The zero-order chi connectivity index (χ0) is 20.2. The minimum Gasteiger partial charge on any atom is -0.619 e. The highest BCUT2D eigenvalue weighted by Crippen LogP contribution is 2.27. The molecule has 1 fully saturated rings. The summed E-state index contributed by atoms with van der Waals surface area (Å²) in [6.07, 6.45) is 9.90. The van der Waals surface area contributed by atoms with Crippen molar-refractivity contribution in [1.29, 1.82) is 0 Å². The van der Waals surface area contributed by atoms with Gasteiger partial charge in [-0.3, -0.25) is 0 Å². The Morgan fingerprint density at radius 1 is 1.31 bits per heavy atom. The maximum absolute atomic E-state index is 11.5. The molecule has 0 bridgehead atoms. The first-order chi connectivity index (χ1) is 14.2. The van der Waals surface area contributed by atoms with E-state index in [1.807, 2.05) is 12.3 Å². The molecule has 9 heteroatoms. The smallest absolute Gasteiger partial charge is 0.229 e. The van der Waals surface area contributed by atoms with Crippen LogP contribution in [-0.2, 0) is 13.0 Å². The summed E-state index contributed by atoms with van der Waals surface area (Å²) in [5, 5.41) is 32.4. The maximum Gasteiger partial charge on any atom is 0.229 e. The van der Waals surface area contributed by atoms with E-state index in [0.29, 0.717) is 18.4 Å². The molecule has 0 saturated heterocycles. The van der Waals surface area contributed by atoms with Gasteiger partial charge in [0.25, 0.3) is 0 Å². The summed E-state index contributed by atoms with van der Waals surface area (Å²) in [4.78, 5) is 9.35. The molecular formula is C20H27N7O2. The largest absolute Gasteiger partial charge is 0.619 e. The van der Waals surface area contributed by atoms with Gasteiger partial charge >= 0.3 is 0 Å². The van der Waals surface area contributed by atoms with Crippen LogP contribution >= 0.6 is 0 Å². The fraction of sp³-hybridized carbons (Fsp3) is 0.500. The Morgan fingerprint density at radius 2 is 2.17 bits per heavy atom. The van der Waals surface area contributed by atoms with Crippen LogP contribution in [0.15, 0.2) is 30.7 Å². The second kappa shape index (κ2) is 8.60. The molecule has 3 aromatic heterocycles. The second-order valence-electron chi connectivity index (χ2n) is 7.53. The number of fused-ring (bicyclic) bond motifs is 1. The van der Waals surface area contributed by atoms with Crippen molar-refractivity contribution in [3.8, 4) is 0 Å². The summed E-state index contributed by atoms with van der Waals surface area (Å²) in [6, 6.07) is 3.76. The van der Waals surface area contributed by atoms with Crippen LogP contribution < -0.4 is 15.4 Å². The van der Waals surface area contributed by atoms with Gasteiger partial charge in [0.15, 0.2) is 18.0 Å². The zero-order valence-electron chi connectivity index (χ0n) is 16.6. The first-order valence-electron chi connectivity index (χ1n) is 10.2. The van der Waals surface area contributed by atoms with Crippen molar-refractivity contribution in [2.24, 2.45) is 5.92 Å². The average Bonchev–Trinajstić information content (AvgIpc) is 3.15. The van der Waals surface area contributed by atoms with Crippen molar-refractivity contribution in [1.82, 2.24) is 19.6 Å². The van der Waals surface area contributed by atoms with E-state index in [-0.39, 0.29) is 18.6 Å². The van der Waals surface area contributed by atoms with E-state index in [2.05, 4.69) is 27.6 Å². The first kappa shape index (κ1) is 19.4. The Kier molecular flexibility index (Phi) is 5.75. The molecular weight excluding hydrogens is 370 g/mol. The highest BCUT2D eigenvalue weighted by Gasteiger charge is 2.25. The Morgan fingerprint density at radius 3 is 2.97 bits per heavy atom. The third kappa shape index (κ3) is 4.24. The predicted octanol–water partition coefficient (Wildman–Crippen LogP) is 1.90. The lowest BCUT2D eigenvalue weighted by atomic mass is 9.85. The van der Waals surface area contributed by atoms with Crippen molar-refractivity contribution in [2.45, 2.75) is 51.6 Å². The molecule has 2 atom stereocenters. The molecule has 0 aromatic carbocycles. The van der Waals surface area contributed by atoms with E-state index in [1.165, 1.54) is 12.4 Å². The topological polar surface area (TPSA) is 114 Å². The predicted molar refractivity (Wildman–Crippen MR) is 109 cm³/mol. The summed E-state index contributed by atoms with van der Waals surface area (Å²) in [6.45, 7) is 2.68. The Bertz CT molecular complexity index is 975. The van der Waals surface area contributed by atoms with Crippen LogP contribution in [0.25, 0.3) is 5.65 Å². The first-order valence-corrected chi connectivity index (χ1v) is 10.2. The lowest BCUT2D eigenvalue weighted by Crippen LogP contribution is -2.35. The number of aryl methyl sites for hydroxylation is 1. The minimum atomic E-state index is 0.158. The summed E-state index contributed by atoms with van der Waals surface area (Å²) in [5.74, 6) is 1.31. The average molecular weight is 397 g/mol. The molecule has 3 heterocycles. The number of pyridine rings is 1. The van der Waals surface area contributed by atoms with E-state index >= 15 is 0 Å². The normalized spacial score (nSPS) is 19.4. The summed E-state index contributed by atoms with van der Waals surface area (Å²) in [5.41, 5.74) is 2.65. The van der Waals surface area contributed by atoms with Gasteiger partial charge < -0.3 is 20.9 Å². The number of aliphatic hydroxyl groups excluding tert-OH is 1. The van der Waals surface area contributed by atoms with Gasteiger partial charge in [0, 0.05) is 42.3 Å². The number of hydrogen-bond donors (Lipinski definition) is 3. The molecule has 0 aliphatic heterocycles. The lowest BCUT2D eigenvalue weighted by Gasteiger charge is -2.30. The number of nitrogens with one attached hydrogen (secondary N) is 2. The van der Waals surface area contributed by atoms with Crippen molar-refractivity contribution < 1.29 is 9.84 Å². The van der Waals surface area contributed by atoms with Gasteiger partial charge in [-0.1, -0.05) is 19.8 Å². The highest BCUT2D eigenvalue weighted by atomic mass is 16.5. The number of aliphatic hydroxyl groups is 1. The van der Waals surface area contributed by atoms with Gasteiger partial charge in [-0.15, -0.1) is 0 Å². The van der Waals surface area contributed by atoms with E-state index in [9.17, 15) is 10.3 Å². The minimum absolute atomic E-state index is 0.158. The molecule has 29 heavy (non-hydrogen) atoms. The summed E-state index contributed by atoms with van der Waals surface area (Å²) < 4.78 is 2.48. The van der Waals surface area contributed by atoms with Crippen molar-refractivity contribution in [3.63, 3.8) is 0 Å². The number of rotatable bonds is 7.